The molecule has 5 rings (SSSR count). The number of ketones is 1. The average Bonchev–Trinajstić information content (AvgIpc) is 3.35. The van der Waals surface area contributed by atoms with E-state index in [1.54, 1.807) is 30.3 Å². The summed E-state index contributed by atoms with van der Waals surface area (Å²) in [6.07, 6.45) is 8.44. The molecule has 8 heteroatoms. The van der Waals surface area contributed by atoms with Gasteiger partial charge in [0.1, 0.15) is 11.6 Å². The van der Waals surface area contributed by atoms with Crippen LogP contribution in [0.4, 0.5) is 4.39 Å². The van der Waals surface area contributed by atoms with E-state index in [1.807, 2.05) is 0 Å². The number of H-pyrrole nitrogens is 1. The van der Waals surface area contributed by atoms with Gasteiger partial charge in [0.25, 0.3) is 0 Å². The van der Waals surface area contributed by atoms with E-state index < -0.39 is 11.8 Å². The highest BCUT2D eigenvalue weighted by atomic mass is 35.5. The van der Waals surface area contributed by atoms with E-state index in [4.69, 9.17) is 23.2 Å². The van der Waals surface area contributed by atoms with Gasteiger partial charge in [-0.15, -0.1) is 0 Å². The molecule has 1 saturated carbocycles. The van der Waals surface area contributed by atoms with E-state index in [9.17, 15) is 19.1 Å². The van der Waals surface area contributed by atoms with Crippen molar-refractivity contribution in [3.8, 4) is 22.5 Å². The second kappa shape index (κ2) is 12.1. The molecule has 2 N–H and O–H groups in total. The molecule has 0 amide bonds. The summed E-state index contributed by atoms with van der Waals surface area (Å²) < 4.78 is 14.0. The SMILES string of the molecule is CCCC(CC(=O)c1ccc(-c2c(Cl)cccc2-c2nc3cc(Cl)c(F)cc3[nH]2)c(C(=O)O)c1)C1CCCCC1. The van der Waals surface area contributed by atoms with E-state index in [0.29, 0.717) is 62.4 Å². The van der Waals surface area contributed by atoms with Crippen molar-refractivity contribution in [2.75, 3.05) is 0 Å². The van der Waals surface area contributed by atoms with Crippen molar-refractivity contribution in [3.63, 3.8) is 0 Å². The lowest BCUT2D eigenvalue weighted by Crippen LogP contribution is -2.21. The number of imidazole rings is 1. The van der Waals surface area contributed by atoms with Gasteiger partial charge in [-0.2, -0.15) is 0 Å². The lowest BCUT2D eigenvalue weighted by atomic mass is 9.75. The number of Topliss-reactive ketones (excluding diaryl/α,β-unsaturated/α-hetero) is 1. The zero-order valence-corrected chi connectivity index (χ0v) is 23.8. The van der Waals surface area contributed by atoms with E-state index in [0.717, 1.165) is 25.7 Å². The fourth-order valence-corrected chi connectivity index (χ4v) is 6.51. The number of aromatic nitrogens is 2. The molecule has 1 fully saturated rings. The minimum atomic E-state index is -1.16. The van der Waals surface area contributed by atoms with Crippen LogP contribution in [0.25, 0.3) is 33.5 Å². The van der Waals surface area contributed by atoms with Gasteiger partial charge in [0.05, 0.1) is 21.6 Å². The quantitative estimate of drug-likeness (QED) is 0.193. The molecule has 1 aromatic heterocycles. The third-order valence-corrected chi connectivity index (χ3v) is 8.66. The Hall–Kier alpha value is -3.22. The number of halogens is 3. The van der Waals surface area contributed by atoms with Gasteiger partial charge in [-0.3, -0.25) is 4.79 Å². The Bertz CT molecular complexity index is 1540. The number of nitrogens with zero attached hydrogens (tertiary/aromatic N) is 1. The number of carboxylic acids is 1. The van der Waals surface area contributed by atoms with Gasteiger partial charge in [0.2, 0.25) is 0 Å². The Balaban J connectivity index is 1.53. The maximum absolute atomic E-state index is 14.0. The molecule has 40 heavy (non-hydrogen) atoms. The van der Waals surface area contributed by atoms with Gasteiger partial charge in [-0.05, 0) is 35.6 Å². The summed E-state index contributed by atoms with van der Waals surface area (Å²) in [5.74, 6) is -0.518. The first-order valence-electron chi connectivity index (χ1n) is 13.8. The van der Waals surface area contributed by atoms with Crippen LogP contribution in [0.2, 0.25) is 10.0 Å². The van der Waals surface area contributed by atoms with Crippen LogP contribution < -0.4 is 0 Å². The van der Waals surface area contributed by atoms with Gasteiger partial charge in [0, 0.05) is 34.2 Å². The summed E-state index contributed by atoms with van der Waals surface area (Å²) in [6, 6.07) is 12.7. The van der Waals surface area contributed by atoms with Crippen molar-refractivity contribution in [3.05, 3.63) is 75.5 Å². The number of benzene rings is 3. The molecule has 1 aliphatic carbocycles. The molecule has 0 bridgehead atoms. The van der Waals surface area contributed by atoms with Crippen LogP contribution in [0, 0.1) is 17.7 Å². The molecule has 4 aromatic rings. The van der Waals surface area contributed by atoms with E-state index in [2.05, 4.69) is 16.9 Å². The summed E-state index contributed by atoms with van der Waals surface area (Å²) in [7, 11) is 0. The van der Waals surface area contributed by atoms with Gasteiger partial charge < -0.3 is 10.1 Å². The van der Waals surface area contributed by atoms with Crippen LogP contribution >= 0.6 is 23.2 Å². The average molecular weight is 582 g/mol. The number of rotatable bonds is 9. The van der Waals surface area contributed by atoms with Crippen LogP contribution in [-0.2, 0) is 0 Å². The van der Waals surface area contributed by atoms with Crippen LogP contribution in [0.1, 0.15) is 79.0 Å². The largest absolute Gasteiger partial charge is 0.478 e. The number of aromatic amines is 1. The predicted molar refractivity (Wildman–Crippen MR) is 158 cm³/mol. The van der Waals surface area contributed by atoms with E-state index in [1.165, 1.54) is 37.5 Å². The second-order valence-corrected chi connectivity index (χ2v) is 11.5. The number of hydrogen-bond acceptors (Lipinski definition) is 3. The number of carbonyl (C=O) groups excluding carboxylic acids is 1. The highest BCUT2D eigenvalue weighted by Crippen LogP contribution is 2.40. The van der Waals surface area contributed by atoms with Crippen LogP contribution in [0.15, 0.2) is 48.5 Å². The molecule has 0 aliphatic heterocycles. The minimum Gasteiger partial charge on any atom is -0.478 e. The van der Waals surface area contributed by atoms with Crippen molar-refractivity contribution in [2.45, 2.75) is 58.3 Å². The molecule has 1 unspecified atom stereocenters. The summed E-state index contributed by atoms with van der Waals surface area (Å²) in [4.78, 5) is 33.6. The van der Waals surface area contributed by atoms with Gasteiger partial charge in [0.15, 0.2) is 5.78 Å². The van der Waals surface area contributed by atoms with Gasteiger partial charge in [-0.25, -0.2) is 14.2 Å². The molecular weight excluding hydrogens is 550 g/mol. The molecular formula is C32H31Cl2FN2O3. The summed E-state index contributed by atoms with van der Waals surface area (Å²) in [5.41, 5.74) is 2.65. The molecule has 1 aliphatic rings. The highest BCUT2D eigenvalue weighted by molar-refractivity contribution is 6.34. The number of fused-ring (bicyclic) bond motifs is 1. The van der Waals surface area contributed by atoms with Crippen molar-refractivity contribution < 1.29 is 19.1 Å². The molecule has 0 saturated heterocycles. The summed E-state index contributed by atoms with van der Waals surface area (Å²) in [5, 5.41) is 10.5. The standard InChI is InChI=1S/C32H31Cl2FN2O3/c1-2-7-19(18-8-4-3-5-9-18)15-29(38)20-12-13-21(23(14-20)32(39)40)30-22(10-6-11-24(30)33)31-36-27-16-25(34)26(35)17-28(27)37-31/h6,10-14,16-19H,2-5,7-9,15H2,1H3,(H,36,37)(H,39,40). The van der Waals surface area contributed by atoms with Crippen molar-refractivity contribution in [1.82, 2.24) is 9.97 Å². The zero-order valence-electron chi connectivity index (χ0n) is 22.3. The van der Waals surface area contributed by atoms with Crippen LogP contribution in [0.5, 0.6) is 0 Å². The number of carbonyl (C=O) groups is 2. The Labute approximate surface area is 242 Å². The maximum Gasteiger partial charge on any atom is 0.336 e. The van der Waals surface area contributed by atoms with Crippen molar-refractivity contribution >= 4 is 46.0 Å². The Morgan fingerprint density at radius 1 is 1.05 bits per heavy atom. The Kier molecular flexibility index (Phi) is 8.57. The second-order valence-electron chi connectivity index (χ2n) is 10.7. The third-order valence-electron chi connectivity index (χ3n) is 8.06. The molecule has 0 spiro atoms. The highest BCUT2D eigenvalue weighted by Gasteiger charge is 2.27. The first-order chi connectivity index (χ1) is 19.3. The fraction of sp³-hybridized carbons (Fsp3) is 0.344. The van der Waals surface area contributed by atoms with E-state index >= 15 is 0 Å². The number of aromatic carboxylic acids is 1. The third kappa shape index (κ3) is 5.79. The normalized spacial score (nSPS) is 14.9. The summed E-state index contributed by atoms with van der Waals surface area (Å²) in [6.45, 7) is 2.14. The zero-order chi connectivity index (χ0) is 28.4. The molecule has 0 radical (unpaired) electrons. The maximum atomic E-state index is 14.0. The van der Waals surface area contributed by atoms with Crippen molar-refractivity contribution in [1.29, 1.82) is 0 Å². The molecule has 1 atom stereocenters. The van der Waals surface area contributed by atoms with Gasteiger partial charge >= 0.3 is 5.97 Å². The monoisotopic (exact) mass is 580 g/mol. The predicted octanol–water partition coefficient (Wildman–Crippen LogP) is 9.61. The van der Waals surface area contributed by atoms with Crippen LogP contribution in [-0.4, -0.2) is 26.8 Å². The lowest BCUT2D eigenvalue weighted by molar-refractivity contribution is 0.0697. The first-order valence-corrected chi connectivity index (χ1v) is 14.6. The smallest absolute Gasteiger partial charge is 0.336 e. The molecule has 5 nitrogen and oxygen atoms in total. The summed E-state index contributed by atoms with van der Waals surface area (Å²) >= 11 is 12.6. The lowest BCUT2D eigenvalue weighted by Gasteiger charge is -2.30. The number of nitrogens with one attached hydrogen (secondary N) is 1. The van der Waals surface area contributed by atoms with Crippen LogP contribution in [0.3, 0.4) is 0 Å². The topological polar surface area (TPSA) is 83.0 Å². The molecule has 3 aromatic carbocycles. The first kappa shape index (κ1) is 28.3. The van der Waals surface area contributed by atoms with Crippen molar-refractivity contribution in [2.24, 2.45) is 11.8 Å². The Morgan fingerprint density at radius 3 is 2.55 bits per heavy atom. The van der Waals surface area contributed by atoms with Gasteiger partial charge in [-0.1, -0.05) is 99.3 Å². The minimum absolute atomic E-state index is 0.0184. The Morgan fingerprint density at radius 2 is 1.82 bits per heavy atom. The number of hydrogen-bond donors (Lipinski definition) is 2. The number of carboxylic acid groups (broad SMARTS) is 1. The molecule has 1 heterocycles. The fourth-order valence-electron chi connectivity index (χ4n) is 6.08. The molecule has 208 valence electrons. The van der Waals surface area contributed by atoms with E-state index in [-0.39, 0.29) is 16.4 Å².